The van der Waals surface area contributed by atoms with Crippen LogP contribution in [0, 0.1) is 18.7 Å². The number of nitrogens with one attached hydrogen (secondary N) is 1. The van der Waals surface area contributed by atoms with Crippen molar-refractivity contribution in [3.63, 3.8) is 0 Å². The van der Waals surface area contributed by atoms with Gasteiger partial charge < -0.3 is 4.90 Å². The van der Waals surface area contributed by atoms with Gasteiger partial charge in [0, 0.05) is 23.3 Å². The summed E-state index contributed by atoms with van der Waals surface area (Å²) in [4.78, 5) is 20.4. The van der Waals surface area contributed by atoms with Crippen molar-refractivity contribution < 1.29 is 17.6 Å². The number of aromatic nitrogens is 1. The van der Waals surface area contributed by atoms with Crippen LogP contribution in [0.2, 0.25) is 0 Å². The normalized spacial score (nSPS) is 19.7. The average Bonchev–Trinajstić information content (AvgIpc) is 3.67. The average molecular weight is 556 g/mol. The Bertz CT molecular complexity index is 1660. The number of pyridine rings is 1. The number of nitrogens with zero attached hydrogens (tertiary/aromatic N) is 2. The molecular formula is C32H30FN3O3S. The molecule has 1 saturated carbocycles. The van der Waals surface area contributed by atoms with Crippen molar-refractivity contribution in [1.29, 1.82) is 0 Å². The second kappa shape index (κ2) is 10.6. The summed E-state index contributed by atoms with van der Waals surface area (Å²) in [5.74, 6) is -0.383. The van der Waals surface area contributed by atoms with E-state index >= 15 is 0 Å². The second-order valence-corrected chi connectivity index (χ2v) is 12.3. The predicted octanol–water partition coefficient (Wildman–Crippen LogP) is 5.83. The Morgan fingerprint density at radius 3 is 2.52 bits per heavy atom. The third-order valence-corrected chi connectivity index (χ3v) is 9.30. The van der Waals surface area contributed by atoms with E-state index < -0.39 is 21.9 Å². The van der Waals surface area contributed by atoms with Gasteiger partial charge in [0.2, 0.25) is 15.9 Å². The number of benzene rings is 3. The zero-order valence-electron chi connectivity index (χ0n) is 22.1. The summed E-state index contributed by atoms with van der Waals surface area (Å²) < 4.78 is 42.3. The summed E-state index contributed by atoms with van der Waals surface area (Å²) in [6, 6.07) is 26.1. The SMILES string of the molecule is Cc1cccc(CN(C(=O)[C@H]2C[C@@H]2c2ccccc2)c2ccc3c(c2)C(NS(=O)(=O)c2ccc(F)cc2)CC3)n1. The molecule has 3 aromatic carbocycles. The van der Waals surface area contributed by atoms with E-state index in [9.17, 15) is 17.6 Å². The highest BCUT2D eigenvalue weighted by atomic mass is 32.2. The van der Waals surface area contributed by atoms with Gasteiger partial charge in [-0.2, -0.15) is 0 Å². The summed E-state index contributed by atoms with van der Waals surface area (Å²) in [5, 5.41) is 0. The highest BCUT2D eigenvalue weighted by Crippen LogP contribution is 2.49. The second-order valence-electron chi connectivity index (χ2n) is 10.6. The number of anilines is 1. The van der Waals surface area contributed by atoms with Crippen molar-refractivity contribution in [2.24, 2.45) is 5.92 Å². The molecule has 8 heteroatoms. The van der Waals surface area contributed by atoms with Crippen molar-refractivity contribution in [1.82, 2.24) is 9.71 Å². The first kappa shape index (κ1) is 26.3. The van der Waals surface area contributed by atoms with Gasteiger partial charge in [0.05, 0.1) is 17.1 Å². The van der Waals surface area contributed by atoms with E-state index in [2.05, 4.69) is 21.8 Å². The molecule has 1 N–H and O–H groups in total. The van der Waals surface area contributed by atoms with Crippen molar-refractivity contribution in [3.8, 4) is 0 Å². The van der Waals surface area contributed by atoms with Crippen molar-refractivity contribution in [3.05, 3.63) is 125 Å². The lowest BCUT2D eigenvalue weighted by Gasteiger charge is -2.25. The molecule has 1 unspecified atom stereocenters. The molecule has 40 heavy (non-hydrogen) atoms. The smallest absolute Gasteiger partial charge is 0.241 e. The van der Waals surface area contributed by atoms with Crippen LogP contribution >= 0.6 is 0 Å². The van der Waals surface area contributed by atoms with Gasteiger partial charge >= 0.3 is 0 Å². The van der Waals surface area contributed by atoms with Gasteiger partial charge in [-0.05, 0) is 97.3 Å². The number of amides is 1. The Balaban J connectivity index is 1.30. The Kier molecular flexibility index (Phi) is 6.98. The van der Waals surface area contributed by atoms with Crippen LogP contribution in [0.15, 0.2) is 95.9 Å². The Hall–Kier alpha value is -3.88. The van der Waals surface area contributed by atoms with Crippen molar-refractivity contribution in [2.75, 3.05) is 4.90 Å². The van der Waals surface area contributed by atoms with Gasteiger partial charge in [-0.3, -0.25) is 9.78 Å². The van der Waals surface area contributed by atoms with Crippen LogP contribution in [0.25, 0.3) is 0 Å². The van der Waals surface area contributed by atoms with E-state index in [4.69, 9.17) is 0 Å². The maximum Gasteiger partial charge on any atom is 0.241 e. The first-order valence-corrected chi connectivity index (χ1v) is 15.0. The van der Waals surface area contributed by atoms with Crippen LogP contribution in [0.1, 0.15) is 52.9 Å². The van der Waals surface area contributed by atoms with Crippen LogP contribution in [0.5, 0.6) is 0 Å². The molecule has 0 aliphatic heterocycles. The zero-order chi connectivity index (χ0) is 27.9. The molecule has 2 aliphatic carbocycles. The predicted molar refractivity (Wildman–Crippen MR) is 152 cm³/mol. The number of carbonyl (C=O) groups is 1. The van der Waals surface area contributed by atoms with Crippen LogP contribution < -0.4 is 9.62 Å². The fraction of sp³-hybridized carbons (Fsp3) is 0.250. The minimum atomic E-state index is -3.85. The third kappa shape index (κ3) is 5.42. The van der Waals surface area contributed by atoms with E-state index in [0.717, 1.165) is 53.2 Å². The lowest BCUT2D eigenvalue weighted by atomic mass is 10.1. The lowest BCUT2D eigenvalue weighted by Crippen LogP contribution is -2.33. The van der Waals surface area contributed by atoms with Crippen LogP contribution in [0.3, 0.4) is 0 Å². The molecule has 2 aliphatic rings. The molecule has 1 amide bonds. The van der Waals surface area contributed by atoms with E-state index in [1.807, 2.05) is 61.5 Å². The first-order valence-electron chi connectivity index (χ1n) is 13.5. The maximum atomic E-state index is 14.0. The Morgan fingerprint density at radius 1 is 1.00 bits per heavy atom. The van der Waals surface area contributed by atoms with Gasteiger partial charge in [0.15, 0.2) is 0 Å². The lowest BCUT2D eigenvalue weighted by molar-refractivity contribution is -0.120. The molecule has 6 rings (SSSR count). The summed E-state index contributed by atoms with van der Waals surface area (Å²) in [6.07, 6.45) is 2.12. The standard InChI is InChI=1S/C32H30FN3O3S/c1-21-6-5-9-25(34-21)20-36(32(37)30-19-28(30)22-7-3-2-4-8-22)26-14-10-23-11-17-31(29(23)18-26)35-40(38,39)27-15-12-24(33)13-16-27/h2-10,12-16,18,28,30-31,35H,11,17,19-20H2,1H3/t28-,30+,31?/m1/s1. The minimum Gasteiger partial charge on any atom is -0.306 e. The molecule has 1 aromatic heterocycles. The molecule has 0 spiro atoms. The van der Waals surface area contributed by atoms with Gasteiger partial charge in [-0.1, -0.05) is 42.5 Å². The molecule has 4 aromatic rings. The number of hydrogen-bond donors (Lipinski definition) is 1. The quantitative estimate of drug-likeness (QED) is 0.297. The van der Waals surface area contributed by atoms with Crippen LogP contribution in [0.4, 0.5) is 10.1 Å². The van der Waals surface area contributed by atoms with Gasteiger partial charge in [0.1, 0.15) is 5.82 Å². The van der Waals surface area contributed by atoms with Crippen LogP contribution in [-0.4, -0.2) is 19.3 Å². The molecule has 3 atom stereocenters. The molecule has 204 valence electrons. The molecule has 1 heterocycles. The summed E-state index contributed by atoms with van der Waals surface area (Å²) in [7, 11) is -3.85. The van der Waals surface area contributed by atoms with E-state index in [-0.39, 0.29) is 22.6 Å². The number of sulfonamides is 1. The molecule has 0 radical (unpaired) electrons. The molecule has 6 nitrogen and oxygen atoms in total. The monoisotopic (exact) mass is 555 g/mol. The number of aryl methyl sites for hydroxylation is 2. The van der Waals surface area contributed by atoms with E-state index in [1.165, 1.54) is 17.7 Å². The zero-order valence-corrected chi connectivity index (χ0v) is 22.9. The Morgan fingerprint density at radius 2 is 1.77 bits per heavy atom. The van der Waals surface area contributed by atoms with E-state index in [1.54, 1.807) is 4.90 Å². The van der Waals surface area contributed by atoms with Crippen molar-refractivity contribution >= 4 is 21.6 Å². The number of hydrogen-bond acceptors (Lipinski definition) is 4. The van der Waals surface area contributed by atoms with E-state index in [0.29, 0.717) is 13.0 Å². The number of fused-ring (bicyclic) bond motifs is 1. The summed E-state index contributed by atoms with van der Waals surface area (Å²) in [5.41, 5.74) is 5.46. The van der Waals surface area contributed by atoms with Gasteiger partial charge in [-0.15, -0.1) is 0 Å². The van der Waals surface area contributed by atoms with Gasteiger partial charge in [0.25, 0.3) is 0 Å². The first-order chi connectivity index (χ1) is 19.3. The molecule has 1 fully saturated rings. The number of halogens is 1. The fourth-order valence-electron chi connectivity index (χ4n) is 5.63. The largest absolute Gasteiger partial charge is 0.306 e. The summed E-state index contributed by atoms with van der Waals surface area (Å²) >= 11 is 0. The maximum absolute atomic E-state index is 14.0. The third-order valence-electron chi connectivity index (χ3n) is 7.81. The summed E-state index contributed by atoms with van der Waals surface area (Å²) in [6.45, 7) is 2.25. The number of rotatable bonds is 8. The topological polar surface area (TPSA) is 79.4 Å². The Labute approximate surface area is 233 Å². The van der Waals surface area contributed by atoms with Crippen molar-refractivity contribution in [2.45, 2.75) is 49.6 Å². The van der Waals surface area contributed by atoms with Gasteiger partial charge in [-0.25, -0.2) is 17.5 Å². The molecular weight excluding hydrogens is 525 g/mol. The highest BCUT2D eigenvalue weighted by Gasteiger charge is 2.46. The molecule has 0 bridgehead atoms. The fourth-order valence-corrected chi connectivity index (χ4v) is 6.88. The van der Waals surface area contributed by atoms with Crippen LogP contribution in [-0.2, 0) is 27.8 Å². The highest BCUT2D eigenvalue weighted by molar-refractivity contribution is 7.89. The minimum absolute atomic E-state index is 0.0153. The molecule has 0 saturated heterocycles. The number of carbonyl (C=O) groups excluding carboxylic acids is 1.